The van der Waals surface area contributed by atoms with Gasteiger partial charge in [-0.15, -0.1) is 0 Å². The first-order chi connectivity index (χ1) is 6.74. The van der Waals surface area contributed by atoms with E-state index >= 15 is 0 Å². The molecular formula is C11H8FLiO. The number of halogens is 1. The second-order valence-corrected chi connectivity index (χ2v) is 3.32. The summed E-state index contributed by atoms with van der Waals surface area (Å²) in [6.45, 7) is 0. The van der Waals surface area contributed by atoms with Crippen molar-refractivity contribution in [3.05, 3.63) is 53.5 Å². The summed E-state index contributed by atoms with van der Waals surface area (Å²) in [5, 5.41) is 0. The van der Waals surface area contributed by atoms with Gasteiger partial charge in [-0.05, 0) is 0 Å². The van der Waals surface area contributed by atoms with Crippen molar-refractivity contribution in [2.24, 2.45) is 0 Å². The second-order valence-electron chi connectivity index (χ2n) is 3.32. The van der Waals surface area contributed by atoms with E-state index in [9.17, 15) is 4.39 Å². The summed E-state index contributed by atoms with van der Waals surface area (Å²) in [7, 11) is 0. The molecule has 0 spiro atoms. The van der Waals surface area contributed by atoms with E-state index < -0.39 is 0 Å². The van der Waals surface area contributed by atoms with Gasteiger partial charge in [-0.3, -0.25) is 0 Å². The van der Waals surface area contributed by atoms with Gasteiger partial charge in [0.1, 0.15) is 0 Å². The molecule has 14 heavy (non-hydrogen) atoms. The van der Waals surface area contributed by atoms with Crippen LogP contribution in [0, 0.1) is 5.82 Å². The Balaban J connectivity index is 2.15. The first-order valence-electron chi connectivity index (χ1n) is 4.54. The summed E-state index contributed by atoms with van der Waals surface area (Å²) >= 11 is 1.91. The van der Waals surface area contributed by atoms with Crippen LogP contribution in [0.25, 0.3) is 0 Å². The molecule has 0 aliphatic rings. The van der Waals surface area contributed by atoms with Crippen LogP contribution in [0.4, 0.5) is 4.39 Å². The van der Waals surface area contributed by atoms with E-state index in [1.165, 1.54) is 12.1 Å². The topological polar surface area (TPSA) is 13.1 Å². The molecule has 1 heterocycles. The molecule has 0 saturated carbocycles. The fourth-order valence-electron chi connectivity index (χ4n) is 1.38. The third-order valence-electron chi connectivity index (χ3n) is 2.09. The Morgan fingerprint density at radius 1 is 1.07 bits per heavy atom. The number of benzene rings is 1. The van der Waals surface area contributed by atoms with Crippen molar-refractivity contribution >= 4 is 22.1 Å². The van der Waals surface area contributed by atoms with Crippen molar-refractivity contribution in [3.63, 3.8) is 0 Å². The van der Waals surface area contributed by atoms with Gasteiger partial charge in [0.25, 0.3) is 0 Å². The molecule has 0 saturated heterocycles. The van der Waals surface area contributed by atoms with E-state index in [-0.39, 0.29) is 5.82 Å². The summed E-state index contributed by atoms with van der Waals surface area (Å²) < 4.78 is 18.9. The van der Waals surface area contributed by atoms with E-state index in [0.717, 1.165) is 15.8 Å². The molecule has 0 bridgehead atoms. The Labute approximate surface area is 91.1 Å². The molecule has 0 amide bonds. The Morgan fingerprint density at radius 3 is 2.36 bits per heavy atom. The predicted molar refractivity (Wildman–Crippen MR) is 53.3 cm³/mol. The third kappa shape index (κ3) is 2.29. The summed E-state index contributed by atoms with van der Waals surface area (Å²) in [5.74, 6) is 0.707. The van der Waals surface area contributed by atoms with Crippen LogP contribution in [0.5, 0.6) is 0 Å². The average molecular weight is 182 g/mol. The zero-order valence-electron chi connectivity index (χ0n) is 7.96. The molecular weight excluding hydrogens is 174 g/mol. The fourth-order valence-corrected chi connectivity index (χ4v) is 1.38. The summed E-state index contributed by atoms with van der Waals surface area (Å²) in [6.07, 6.45) is 0.716. The quantitative estimate of drug-likeness (QED) is 0.645. The van der Waals surface area contributed by atoms with Crippen LogP contribution in [-0.4, -0.2) is 17.7 Å². The molecule has 0 unspecified atom stereocenters. The molecule has 0 aliphatic carbocycles. The van der Waals surface area contributed by atoms with Gasteiger partial charge in [-0.25, -0.2) is 0 Å². The Bertz CT molecular complexity index is 419. The van der Waals surface area contributed by atoms with Crippen LogP contribution in [-0.2, 0) is 6.42 Å². The van der Waals surface area contributed by atoms with E-state index in [1.807, 2.05) is 29.8 Å². The molecule has 0 N–H and O–H groups in total. The van der Waals surface area contributed by atoms with Crippen molar-refractivity contribution in [2.75, 3.05) is 0 Å². The first-order valence-corrected chi connectivity index (χ1v) is 4.54. The van der Waals surface area contributed by atoms with Crippen LogP contribution >= 0.6 is 0 Å². The maximum absolute atomic E-state index is 12.6. The van der Waals surface area contributed by atoms with E-state index in [1.54, 1.807) is 12.1 Å². The van der Waals surface area contributed by atoms with E-state index in [4.69, 9.17) is 4.42 Å². The molecule has 0 fully saturated rings. The monoisotopic (exact) mass is 182 g/mol. The predicted octanol–water partition coefficient (Wildman–Crippen LogP) is 1.80. The van der Waals surface area contributed by atoms with E-state index in [0.29, 0.717) is 6.42 Å². The number of hydrogen-bond donors (Lipinski definition) is 0. The van der Waals surface area contributed by atoms with Crippen molar-refractivity contribution in [1.29, 1.82) is 0 Å². The van der Waals surface area contributed by atoms with Crippen molar-refractivity contribution in [3.8, 4) is 0 Å². The Hall–Kier alpha value is -0.973. The molecule has 66 valence electrons. The molecule has 1 aromatic carbocycles. The van der Waals surface area contributed by atoms with Gasteiger partial charge >= 0.3 is 90.9 Å². The molecule has 0 radical (unpaired) electrons. The fraction of sp³-hybridized carbons (Fsp3) is 0.0909. The minimum absolute atomic E-state index is 0.204. The van der Waals surface area contributed by atoms with Crippen molar-refractivity contribution < 1.29 is 8.81 Å². The van der Waals surface area contributed by atoms with Crippen molar-refractivity contribution in [2.45, 2.75) is 6.42 Å². The second kappa shape index (κ2) is 4.04. The number of hydrogen-bond acceptors (Lipinski definition) is 1. The molecule has 0 atom stereocenters. The molecule has 1 aromatic heterocycles. The van der Waals surface area contributed by atoms with Gasteiger partial charge in [0.05, 0.1) is 0 Å². The van der Waals surface area contributed by atoms with Gasteiger partial charge in [-0.1, -0.05) is 0 Å². The molecule has 0 aliphatic heterocycles. The SMILES string of the molecule is [Li][c]1ccc(Cc2ccc(F)cc2)o1. The maximum atomic E-state index is 12.6. The van der Waals surface area contributed by atoms with Crippen LogP contribution in [0.2, 0.25) is 0 Å². The van der Waals surface area contributed by atoms with Gasteiger partial charge in [0.15, 0.2) is 0 Å². The molecule has 1 nitrogen and oxygen atoms in total. The number of furan rings is 1. The standard InChI is InChI=1S/C11H8FO.Li/c12-10-5-3-9(4-6-10)8-11-2-1-7-13-11;/h1-6H,8H2;. The van der Waals surface area contributed by atoms with Crippen LogP contribution in [0.15, 0.2) is 40.8 Å². The summed E-state index contributed by atoms with van der Waals surface area (Å²) in [5.41, 5.74) is 1.06. The summed E-state index contributed by atoms with van der Waals surface area (Å²) in [6, 6.07) is 10.3. The first kappa shape index (κ1) is 9.58. The average Bonchev–Trinajstić information content (AvgIpc) is 2.56. The molecule has 2 rings (SSSR count). The Kier molecular flexibility index (Phi) is 2.76. The zero-order valence-corrected chi connectivity index (χ0v) is 7.96. The number of rotatable bonds is 2. The van der Waals surface area contributed by atoms with Gasteiger partial charge in [0.2, 0.25) is 0 Å². The van der Waals surface area contributed by atoms with Crippen LogP contribution < -0.4 is 4.43 Å². The summed E-state index contributed by atoms with van der Waals surface area (Å²) in [4.78, 5) is 0. The molecule has 3 heteroatoms. The molecule has 2 aromatic rings. The third-order valence-corrected chi connectivity index (χ3v) is 2.09. The van der Waals surface area contributed by atoms with Gasteiger partial charge in [0, 0.05) is 0 Å². The zero-order chi connectivity index (χ0) is 9.97. The van der Waals surface area contributed by atoms with Gasteiger partial charge in [-0.2, -0.15) is 0 Å². The Morgan fingerprint density at radius 2 is 1.79 bits per heavy atom. The van der Waals surface area contributed by atoms with E-state index in [2.05, 4.69) is 0 Å². The van der Waals surface area contributed by atoms with Gasteiger partial charge < -0.3 is 0 Å². The minimum atomic E-state index is -0.204. The van der Waals surface area contributed by atoms with Crippen molar-refractivity contribution in [1.82, 2.24) is 0 Å². The van der Waals surface area contributed by atoms with Crippen LogP contribution in [0.1, 0.15) is 11.3 Å². The normalized spacial score (nSPS) is 10.5. The van der Waals surface area contributed by atoms with Crippen LogP contribution in [0.3, 0.4) is 0 Å².